The van der Waals surface area contributed by atoms with Crippen LogP contribution in [0.4, 0.5) is 13.2 Å². The third-order valence-corrected chi connectivity index (χ3v) is 1.40. The Bertz CT molecular complexity index is 229. The van der Waals surface area contributed by atoms with E-state index in [2.05, 4.69) is 4.98 Å². The summed E-state index contributed by atoms with van der Waals surface area (Å²) in [6, 6.07) is 0. The number of nitrogens with zero attached hydrogens (tertiary/aromatic N) is 2. The zero-order chi connectivity index (χ0) is 7.78. The largest absolute Gasteiger partial charge is 0.489 e. The number of imidazole rings is 1. The van der Waals surface area contributed by atoms with Crippen molar-refractivity contribution >= 4 is 22.6 Å². The molecular formula is C4H2F3IN2. The zero-order valence-electron chi connectivity index (χ0n) is 4.56. The third kappa shape index (κ3) is 1.61. The zero-order valence-corrected chi connectivity index (χ0v) is 6.72. The van der Waals surface area contributed by atoms with Gasteiger partial charge in [0, 0.05) is 6.20 Å². The topological polar surface area (TPSA) is 17.8 Å². The van der Waals surface area contributed by atoms with Gasteiger partial charge in [-0.25, -0.2) is 9.55 Å². The predicted octanol–water partition coefficient (Wildman–Crippen LogP) is 1.96. The molecule has 0 bridgehead atoms. The molecule has 0 unspecified atom stereocenters. The van der Waals surface area contributed by atoms with Crippen LogP contribution in [0.2, 0.25) is 0 Å². The minimum atomic E-state index is -4.34. The van der Waals surface area contributed by atoms with Gasteiger partial charge in [-0.1, -0.05) is 0 Å². The lowest BCUT2D eigenvalue weighted by Crippen LogP contribution is -2.13. The fraction of sp³-hybridized carbons (Fsp3) is 0.250. The summed E-state index contributed by atoms with van der Waals surface area (Å²) in [5.41, 5.74) is 0. The second-order valence-corrected chi connectivity index (χ2v) is 2.68. The lowest BCUT2D eigenvalue weighted by molar-refractivity contribution is -0.204. The lowest BCUT2D eigenvalue weighted by atomic mass is 10.9. The van der Waals surface area contributed by atoms with E-state index in [0.717, 1.165) is 12.5 Å². The maximum atomic E-state index is 11.7. The Morgan fingerprint density at radius 3 is 2.30 bits per heavy atom. The Morgan fingerprint density at radius 1 is 1.50 bits per heavy atom. The van der Waals surface area contributed by atoms with Gasteiger partial charge in [-0.2, -0.15) is 0 Å². The second-order valence-electron chi connectivity index (χ2n) is 1.57. The number of hydrogen-bond acceptors (Lipinski definition) is 1. The van der Waals surface area contributed by atoms with Crippen molar-refractivity contribution in [3.8, 4) is 0 Å². The van der Waals surface area contributed by atoms with Gasteiger partial charge in [-0.15, -0.1) is 13.2 Å². The van der Waals surface area contributed by atoms with Crippen molar-refractivity contribution in [1.29, 1.82) is 0 Å². The first-order valence-corrected chi connectivity index (χ1v) is 3.35. The van der Waals surface area contributed by atoms with Crippen LogP contribution < -0.4 is 0 Å². The molecule has 2 nitrogen and oxygen atoms in total. The Balaban J connectivity index is 2.96. The molecule has 10 heavy (non-hydrogen) atoms. The van der Waals surface area contributed by atoms with Crippen LogP contribution in [0.1, 0.15) is 0 Å². The Labute approximate surface area is 68.2 Å². The van der Waals surface area contributed by atoms with Crippen molar-refractivity contribution in [2.45, 2.75) is 6.30 Å². The molecule has 56 valence electrons. The standard InChI is InChI=1S/C4H2F3IN2/c5-4(6,7)10-1-3(8)9-2-10/h1-2H. The third-order valence-electron chi connectivity index (χ3n) is 0.844. The van der Waals surface area contributed by atoms with Crippen LogP contribution in [0, 0.1) is 3.70 Å². The molecule has 0 spiro atoms. The van der Waals surface area contributed by atoms with E-state index in [0.29, 0.717) is 3.70 Å². The van der Waals surface area contributed by atoms with Gasteiger partial charge >= 0.3 is 6.30 Å². The van der Waals surface area contributed by atoms with Crippen molar-refractivity contribution in [2.24, 2.45) is 0 Å². The van der Waals surface area contributed by atoms with Gasteiger partial charge in [0.15, 0.2) is 0 Å². The van der Waals surface area contributed by atoms with Crippen LogP contribution in [0.5, 0.6) is 0 Å². The van der Waals surface area contributed by atoms with E-state index in [1.165, 1.54) is 0 Å². The first-order valence-electron chi connectivity index (χ1n) is 2.27. The molecular weight excluding hydrogens is 260 g/mol. The van der Waals surface area contributed by atoms with Gasteiger partial charge in [-0.3, -0.25) is 0 Å². The minimum absolute atomic E-state index is 0.106. The molecule has 0 fully saturated rings. The summed E-state index contributed by atoms with van der Waals surface area (Å²) in [5.74, 6) is 0. The van der Waals surface area contributed by atoms with E-state index in [1.54, 1.807) is 22.6 Å². The Hall–Kier alpha value is -0.270. The van der Waals surface area contributed by atoms with Crippen LogP contribution in [0.25, 0.3) is 0 Å². The molecule has 0 atom stereocenters. The number of hydrogen-bond donors (Lipinski definition) is 0. The second kappa shape index (κ2) is 2.40. The molecule has 0 amide bonds. The van der Waals surface area contributed by atoms with Gasteiger partial charge in [0.05, 0.1) is 0 Å². The fourth-order valence-corrected chi connectivity index (χ4v) is 0.862. The Kier molecular flexibility index (Phi) is 1.88. The number of rotatable bonds is 0. The van der Waals surface area contributed by atoms with Crippen molar-refractivity contribution in [3.63, 3.8) is 0 Å². The quantitative estimate of drug-likeness (QED) is 0.653. The molecule has 6 heteroatoms. The number of halogens is 4. The van der Waals surface area contributed by atoms with Gasteiger partial charge < -0.3 is 0 Å². The molecule has 0 saturated carbocycles. The fourth-order valence-electron chi connectivity index (χ4n) is 0.437. The SMILES string of the molecule is FC(F)(F)n1cnc(I)c1. The molecule has 0 aliphatic rings. The highest BCUT2D eigenvalue weighted by molar-refractivity contribution is 14.1. The lowest BCUT2D eigenvalue weighted by Gasteiger charge is -2.04. The van der Waals surface area contributed by atoms with E-state index in [4.69, 9.17) is 0 Å². The van der Waals surface area contributed by atoms with Crippen LogP contribution in [-0.4, -0.2) is 9.55 Å². The summed E-state index contributed by atoms with van der Waals surface area (Å²) in [6.07, 6.45) is -2.68. The van der Waals surface area contributed by atoms with Crippen LogP contribution in [0.3, 0.4) is 0 Å². The summed E-state index contributed by atoms with van der Waals surface area (Å²) < 4.78 is 35.6. The molecule has 0 aliphatic carbocycles. The highest BCUT2D eigenvalue weighted by atomic mass is 127. The summed E-state index contributed by atoms with van der Waals surface area (Å²) in [4.78, 5) is 3.41. The molecule has 1 rings (SSSR count). The molecule has 1 heterocycles. The van der Waals surface area contributed by atoms with E-state index < -0.39 is 6.30 Å². The number of aromatic nitrogens is 2. The molecule has 0 N–H and O–H groups in total. The van der Waals surface area contributed by atoms with Crippen molar-refractivity contribution in [3.05, 3.63) is 16.2 Å². The van der Waals surface area contributed by atoms with Gasteiger partial charge in [0.25, 0.3) is 0 Å². The van der Waals surface area contributed by atoms with Gasteiger partial charge in [-0.05, 0) is 22.6 Å². The maximum absolute atomic E-state index is 11.7. The van der Waals surface area contributed by atoms with Crippen molar-refractivity contribution in [2.75, 3.05) is 0 Å². The average molecular weight is 262 g/mol. The van der Waals surface area contributed by atoms with Crippen LogP contribution >= 0.6 is 22.6 Å². The summed E-state index contributed by atoms with van der Waals surface area (Å²) >= 11 is 1.71. The van der Waals surface area contributed by atoms with E-state index in [1.807, 2.05) is 0 Å². The summed E-state index contributed by atoms with van der Waals surface area (Å²) in [6.45, 7) is 0. The number of alkyl halides is 3. The minimum Gasteiger partial charge on any atom is -0.247 e. The molecule has 0 aromatic carbocycles. The Morgan fingerprint density at radius 2 is 2.10 bits per heavy atom. The van der Waals surface area contributed by atoms with E-state index in [-0.39, 0.29) is 4.57 Å². The van der Waals surface area contributed by atoms with Gasteiger partial charge in [0.1, 0.15) is 10.0 Å². The smallest absolute Gasteiger partial charge is 0.247 e. The summed E-state index contributed by atoms with van der Waals surface area (Å²) in [7, 11) is 0. The molecule has 1 aromatic heterocycles. The van der Waals surface area contributed by atoms with Gasteiger partial charge in [0.2, 0.25) is 0 Å². The molecule has 0 saturated heterocycles. The predicted molar refractivity (Wildman–Crippen MR) is 36.2 cm³/mol. The summed E-state index contributed by atoms with van der Waals surface area (Å²) in [5, 5.41) is 0. The molecule has 0 aliphatic heterocycles. The monoisotopic (exact) mass is 262 g/mol. The molecule has 1 aromatic rings. The first kappa shape index (κ1) is 7.83. The average Bonchev–Trinajstić information content (AvgIpc) is 2.11. The maximum Gasteiger partial charge on any atom is 0.489 e. The highest BCUT2D eigenvalue weighted by Crippen LogP contribution is 2.21. The first-order chi connectivity index (χ1) is 4.50. The highest BCUT2D eigenvalue weighted by Gasteiger charge is 2.29. The van der Waals surface area contributed by atoms with Crippen molar-refractivity contribution < 1.29 is 13.2 Å². The van der Waals surface area contributed by atoms with Crippen LogP contribution in [0.15, 0.2) is 12.5 Å². The van der Waals surface area contributed by atoms with Crippen molar-refractivity contribution in [1.82, 2.24) is 9.55 Å². The molecule has 0 radical (unpaired) electrons. The van der Waals surface area contributed by atoms with Crippen LogP contribution in [-0.2, 0) is 6.30 Å². The van der Waals surface area contributed by atoms with E-state index >= 15 is 0 Å². The van der Waals surface area contributed by atoms with E-state index in [9.17, 15) is 13.2 Å². The normalized spacial score (nSPS) is 12.0.